The summed E-state index contributed by atoms with van der Waals surface area (Å²) < 4.78 is 15.8. The number of carbonyl (C=O) groups is 1. The number of benzene rings is 2. The number of hydrogen-bond acceptors (Lipinski definition) is 6. The second-order valence-electron chi connectivity index (χ2n) is 6.29. The molecule has 1 aromatic heterocycles. The molecule has 4 rings (SSSR count). The first kappa shape index (κ1) is 17.1. The van der Waals surface area contributed by atoms with Crippen LogP contribution in [-0.4, -0.2) is 36.8 Å². The molecule has 138 valence electrons. The third kappa shape index (κ3) is 3.36. The van der Waals surface area contributed by atoms with E-state index in [-0.39, 0.29) is 11.8 Å². The molecule has 3 aromatic rings. The smallest absolute Gasteiger partial charge is 0.232 e. The highest BCUT2D eigenvalue weighted by atomic mass is 16.5. The Bertz CT molecular complexity index is 952. The molecule has 27 heavy (non-hydrogen) atoms. The lowest BCUT2D eigenvalue weighted by molar-refractivity contribution is -0.117. The molecule has 1 fully saturated rings. The average Bonchev–Trinajstić information content (AvgIpc) is 3.35. The van der Waals surface area contributed by atoms with Gasteiger partial charge in [-0.05, 0) is 36.4 Å². The van der Waals surface area contributed by atoms with Crippen LogP contribution in [0.4, 0.5) is 5.69 Å². The van der Waals surface area contributed by atoms with Crippen molar-refractivity contribution in [3.63, 3.8) is 0 Å². The van der Waals surface area contributed by atoms with Crippen LogP contribution in [0.1, 0.15) is 18.2 Å². The van der Waals surface area contributed by atoms with Crippen molar-refractivity contribution < 1.29 is 18.8 Å². The number of hydrogen-bond donors (Lipinski definition) is 0. The molecule has 0 spiro atoms. The Morgan fingerprint density at radius 1 is 1.07 bits per heavy atom. The van der Waals surface area contributed by atoms with Gasteiger partial charge in [-0.25, -0.2) is 0 Å². The lowest BCUT2D eigenvalue weighted by Crippen LogP contribution is -2.24. The molecule has 2 heterocycles. The predicted octanol–water partition coefficient (Wildman–Crippen LogP) is 3.27. The number of nitrogens with zero attached hydrogens (tertiary/aromatic N) is 3. The summed E-state index contributed by atoms with van der Waals surface area (Å²) in [4.78, 5) is 18.7. The Balaban J connectivity index is 1.53. The molecule has 1 aliphatic heterocycles. The maximum Gasteiger partial charge on any atom is 0.232 e. The molecule has 2 aromatic carbocycles. The molecule has 0 saturated carbocycles. The Hall–Kier alpha value is -3.35. The van der Waals surface area contributed by atoms with Gasteiger partial charge < -0.3 is 18.9 Å². The molecule has 7 nitrogen and oxygen atoms in total. The molecule has 1 amide bonds. The quantitative estimate of drug-likeness (QED) is 0.691. The molecular weight excluding hydrogens is 346 g/mol. The Morgan fingerprint density at radius 3 is 2.59 bits per heavy atom. The molecule has 0 radical (unpaired) electrons. The minimum atomic E-state index is -0.136. The molecule has 0 N–H and O–H groups in total. The third-order valence-corrected chi connectivity index (χ3v) is 4.63. The second-order valence-corrected chi connectivity index (χ2v) is 6.29. The SMILES string of the molecule is COc1ccc(-c2noc(C3CC(=O)N(c4cccc(OC)c4)C3)n2)cc1. The van der Waals surface area contributed by atoms with Crippen LogP contribution in [-0.2, 0) is 4.79 Å². The van der Waals surface area contributed by atoms with Crippen LogP contribution < -0.4 is 14.4 Å². The first-order valence-electron chi connectivity index (χ1n) is 8.60. The standard InChI is InChI=1S/C20H19N3O4/c1-25-16-8-6-13(7-9-16)19-21-20(27-22-19)14-10-18(24)23(12-14)15-4-3-5-17(11-15)26-2/h3-9,11,14H,10,12H2,1-2H3. The highest BCUT2D eigenvalue weighted by molar-refractivity contribution is 5.96. The van der Waals surface area contributed by atoms with Crippen molar-refractivity contribution in [1.82, 2.24) is 10.1 Å². The summed E-state index contributed by atoms with van der Waals surface area (Å²) in [5.41, 5.74) is 1.64. The number of aromatic nitrogens is 2. The van der Waals surface area contributed by atoms with Gasteiger partial charge in [0.05, 0.1) is 20.1 Å². The molecule has 1 atom stereocenters. The van der Waals surface area contributed by atoms with E-state index in [1.54, 1.807) is 19.1 Å². The van der Waals surface area contributed by atoms with E-state index >= 15 is 0 Å². The van der Waals surface area contributed by atoms with Crippen molar-refractivity contribution in [2.75, 3.05) is 25.7 Å². The van der Waals surface area contributed by atoms with E-state index in [9.17, 15) is 4.79 Å². The van der Waals surface area contributed by atoms with Gasteiger partial charge in [-0.3, -0.25) is 4.79 Å². The van der Waals surface area contributed by atoms with Gasteiger partial charge in [0, 0.05) is 30.3 Å². The fourth-order valence-corrected chi connectivity index (χ4v) is 3.16. The number of rotatable bonds is 5. The zero-order valence-electron chi connectivity index (χ0n) is 15.1. The Labute approximate surface area is 156 Å². The van der Waals surface area contributed by atoms with Gasteiger partial charge in [0.1, 0.15) is 11.5 Å². The number of methoxy groups -OCH3 is 2. The van der Waals surface area contributed by atoms with Gasteiger partial charge in [-0.15, -0.1) is 0 Å². The second kappa shape index (κ2) is 7.11. The van der Waals surface area contributed by atoms with Crippen LogP contribution in [0, 0.1) is 0 Å². The van der Waals surface area contributed by atoms with Crippen molar-refractivity contribution in [2.24, 2.45) is 0 Å². The van der Waals surface area contributed by atoms with Crippen LogP contribution in [0.5, 0.6) is 11.5 Å². The van der Waals surface area contributed by atoms with E-state index in [1.807, 2.05) is 48.5 Å². The Morgan fingerprint density at radius 2 is 1.85 bits per heavy atom. The molecular formula is C20H19N3O4. The van der Waals surface area contributed by atoms with Gasteiger partial charge >= 0.3 is 0 Å². The summed E-state index contributed by atoms with van der Waals surface area (Å²) in [5.74, 6) is 2.33. The molecule has 0 bridgehead atoms. The summed E-state index contributed by atoms with van der Waals surface area (Å²) in [6.07, 6.45) is 0.335. The Kier molecular flexibility index (Phi) is 4.50. The number of anilines is 1. The molecule has 1 aliphatic rings. The maximum absolute atomic E-state index is 12.5. The first-order valence-corrected chi connectivity index (χ1v) is 8.60. The van der Waals surface area contributed by atoms with E-state index in [0.29, 0.717) is 30.4 Å². The van der Waals surface area contributed by atoms with Gasteiger partial charge in [0.2, 0.25) is 17.6 Å². The van der Waals surface area contributed by atoms with E-state index in [0.717, 1.165) is 17.0 Å². The summed E-state index contributed by atoms with van der Waals surface area (Å²) in [6.45, 7) is 0.496. The zero-order valence-corrected chi connectivity index (χ0v) is 15.1. The number of amides is 1. The molecule has 7 heteroatoms. The molecule has 1 saturated heterocycles. The lowest BCUT2D eigenvalue weighted by atomic mass is 10.1. The molecule has 0 aliphatic carbocycles. The van der Waals surface area contributed by atoms with Gasteiger partial charge in [0.15, 0.2) is 0 Å². The fourth-order valence-electron chi connectivity index (χ4n) is 3.16. The van der Waals surface area contributed by atoms with Crippen molar-refractivity contribution in [1.29, 1.82) is 0 Å². The van der Waals surface area contributed by atoms with Crippen LogP contribution in [0.25, 0.3) is 11.4 Å². The summed E-state index contributed by atoms with van der Waals surface area (Å²) in [6, 6.07) is 14.9. The van der Waals surface area contributed by atoms with E-state index in [2.05, 4.69) is 10.1 Å². The lowest BCUT2D eigenvalue weighted by Gasteiger charge is -2.16. The van der Waals surface area contributed by atoms with Crippen LogP contribution in [0.3, 0.4) is 0 Å². The van der Waals surface area contributed by atoms with Crippen molar-refractivity contribution in [3.8, 4) is 22.9 Å². The number of carbonyl (C=O) groups excluding carboxylic acids is 1. The molecule has 1 unspecified atom stereocenters. The van der Waals surface area contributed by atoms with Crippen molar-refractivity contribution in [2.45, 2.75) is 12.3 Å². The van der Waals surface area contributed by atoms with Crippen molar-refractivity contribution >= 4 is 11.6 Å². The highest BCUT2D eigenvalue weighted by Crippen LogP contribution is 2.33. The van der Waals surface area contributed by atoms with Crippen LogP contribution in [0.2, 0.25) is 0 Å². The van der Waals surface area contributed by atoms with Gasteiger partial charge in [-0.2, -0.15) is 4.98 Å². The maximum atomic E-state index is 12.5. The topological polar surface area (TPSA) is 77.7 Å². The first-order chi connectivity index (χ1) is 13.2. The van der Waals surface area contributed by atoms with E-state index in [1.165, 1.54) is 0 Å². The summed E-state index contributed by atoms with van der Waals surface area (Å²) >= 11 is 0. The minimum absolute atomic E-state index is 0.0254. The highest BCUT2D eigenvalue weighted by Gasteiger charge is 2.35. The average molecular weight is 365 g/mol. The monoisotopic (exact) mass is 365 g/mol. The van der Waals surface area contributed by atoms with Crippen molar-refractivity contribution in [3.05, 3.63) is 54.4 Å². The van der Waals surface area contributed by atoms with Crippen LogP contribution in [0.15, 0.2) is 53.1 Å². The van der Waals surface area contributed by atoms with Gasteiger partial charge in [-0.1, -0.05) is 11.2 Å². The number of ether oxygens (including phenoxy) is 2. The largest absolute Gasteiger partial charge is 0.497 e. The van der Waals surface area contributed by atoms with E-state index < -0.39 is 0 Å². The minimum Gasteiger partial charge on any atom is -0.497 e. The fraction of sp³-hybridized carbons (Fsp3) is 0.250. The van der Waals surface area contributed by atoms with E-state index in [4.69, 9.17) is 14.0 Å². The normalized spacial score (nSPS) is 16.6. The predicted molar refractivity (Wildman–Crippen MR) is 99.0 cm³/mol. The summed E-state index contributed by atoms with van der Waals surface area (Å²) in [7, 11) is 3.22. The third-order valence-electron chi connectivity index (χ3n) is 4.63. The zero-order chi connectivity index (χ0) is 18.8. The summed E-state index contributed by atoms with van der Waals surface area (Å²) in [5, 5.41) is 4.06. The van der Waals surface area contributed by atoms with Gasteiger partial charge in [0.25, 0.3) is 0 Å². The van der Waals surface area contributed by atoms with Crippen LogP contribution >= 0.6 is 0 Å².